The highest BCUT2D eigenvalue weighted by Crippen LogP contribution is 2.15. The Morgan fingerprint density at radius 1 is 0.463 bits per heavy atom. The second-order valence-electron chi connectivity index (χ2n) is 13.8. The first-order valence-corrected chi connectivity index (χ1v) is 18.7. The second-order valence-corrected chi connectivity index (χ2v) is 13.8. The lowest BCUT2D eigenvalue weighted by Crippen LogP contribution is -2.41. The van der Waals surface area contributed by atoms with E-state index < -0.39 is 5.97 Å². The molecule has 0 aromatic carbocycles. The van der Waals surface area contributed by atoms with Gasteiger partial charge in [-0.2, -0.15) is 0 Å². The number of rotatable bonds is 34. The highest BCUT2D eigenvalue weighted by Gasteiger charge is 2.13. The lowest BCUT2D eigenvalue weighted by Gasteiger charge is -2.30. The van der Waals surface area contributed by atoms with Gasteiger partial charge in [0.2, 0.25) is 0 Å². The summed E-state index contributed by atoms with van der Waals surface area (Å²) in [6.45, 7) is 5.00. The van der Waals surface area contributed by atoms with Crippen LogP contribution in [0.5, 0.6) is 0 Å². The molecule has 41 heavy (non-hydrogen) atoms. The zero-order valence-electron chi connectivity index (χ0n) is 28.6. The van der Waals surface area contributed by atoms with Crippen molar-refractivity contribution in [3.63, 3.8) is 0 Å². The van der Waals surface area contributed by atoms with Crippen molar-refractivity contribution >= 4 is 5.97 Å². The fraction of sp³-hybridized carbons (Fsp3) is 0.921. The molecule has 0 saturated heterocycles. The molecular weight excluding hydrogens is 502 g/mol. The maximum Gasteiger partial charge on any atom is 0.303 e. The first-order chi connectivity index (χ1) is 20.0. The van der Waals surface area contributed by atoms with E-state index in [0.717, 1.165) is 12.8 Å². The minimum Gasteiger partial charge on any atom is -0.481 e. The molecule has 0 saturated carbocycles. The van der Waals surface area contributed by atoms with Crippen molar-refractivity contribution in [2.24, 2.45) is 0 Å². The molecule has 0 aliphatic heterocycles. The Labute approximate surface area is 258 Å². The third-order valence-corrected chi connectivity index (χ3v) is 8.93. The number of unbranched alkanes of at least 4 members (excludes halogenated alkanes) is 26. The third kappa shape index (κ3) is 35.3. The highest BCUT2D eigenvalue weighted by atomic mass is 16.4. The number of carboxylic acid groups (broad SMARTS) is 1. The SMILES string of the molecule is CCCCCCCCC=CCCCCCCCC[N+](C)(C)CCCCCCCCCCCCCCCCCC(=O)O. The fourth-order valence-corrected chi connectivity index (χ4v) is 6.01. The Hall–Kier alpha value is -0.830. The average molecular weight is 579 g/mol. The molecule has 0 aliphatic rings. The molecule has 0 unspecified atom stereocenters. The fourth-order valence-electron chi connectivity index (χ4n) is 6.01. The summed E-state index contributed by atoms with van der Waals surface area (Å²) >= 11 is 0. The number of hydrogen-bond donors (Lipinski definition) is 1. The van der Waals surface area contributed by atoms with Crippen molar-refractivity contribution in [2.45, 2.75) is 200 Å². The van der Waals surface area contributed by atoms with E-state index in [0.29, 0.717) is 6.42 Å². The summed E-state index contributed by atoms with van der Waals surface area (Å²) in [7, 11) is 4.88. The standard InChI is InChI=1S/C38H75NO2/c1-4-5-6-7-8-9-10-11-12-15-18-21-24-27-30-33-36-39(2,3)37-34-31-28-25-22-19-16-13-14-17-20-23-26-29-32-35-38(40)41/h11-12H,4-10,13-37H2,1-3H3/p+1. The van der Waals surface area contributed by atoms with Gasteiger partial charge < -0.3 is 9.59 Å². The molecule has 0 fully saturated rings. The lowest BCUT2D eigenvalue weighted by molar-refractivity contribution is -0.890. The van der Waals surface area contributed by atoms with Gasteiger partial charge in [-0.25, -0.2) is 0 Å². The van der Waals surface area contributed by atoms with Crippen molar-refractivity contribution < 1.29 is 14.4 Å². The molecule has 0 atom stereocenters. The maximum atomic E-state index is 10.5. The number of carbonyl (C=O) groups is 1. The average Bonchev–Trinajstić information content (AvgIpc) is 2.94. The van der Waals surface area contributed by atoms with Crippen LogP contribution in [0.4, 0.5) is 0 Å². The molecule has 0 spiro atoms. The van der Waals surface area contributed by atoms with E-state index in [9.17, 15) is 4.79 Å². The van der Waals surface area contributed by atoms with Crippen LogP contribution in [0.3, 0.4) is 0 Å². The lowest BCUT2D eigenvalue weighted by atomic mass is 10.0. The third-order valence-electron chi connectivity index (χ3n) is 8.93. The van der Waals surface area contributed by atoms with Crippen LogP contribution in [-0.4, -0.2) is 42.7 Å². The van der Waals surface area contributed by atoms with E-state index in [1.165, 1.54) is 191 Å². The van der Waals surface area contributed by atoms with Crippen molar-refractivity contribution in [3.05, 3.63) is 12.2 Å². The summed E-state index contributed by atoms with van der Waals surface area (Å²) in [5.74, 6) is -0.650. The van der Waals surface area contributed by atoms with Gasteiger partial charge in [0.1, 0.15) is 0 Å². The molecule has 0 amide bonds. The van der Waals surface area contributed by atoms with Gasteiger partial charge in [-0.3, -0.25) is 4.79 Å². The van der Waals surface area contributed by atoms with Crippen LogP contribution in [0.25, 0.3) is 0 Å². The molecular formula is C38H76NO2+. The largest absolute Gasteiger partial charge is 0.481 e. The molecule has 0 aromatic heterocycles. The van der Waals surface area contributed by atoms with Gasteiger partial charge >= 0.3 is 5.97 Å². The Morgan fingerprint density at radius 2 is 0.756 bits per heavy atom. The molecule has 3 heteroatoms. The van der Waals surface area contributed by atoms with Gasteiger partial charge in [0, 0.05) is 6.42 Å². The number of allylic oxidation sites excluding steroid dienone is 2. The van der Waals surface area contributed by atoms with Gasteiger partial charge in [-0.15, -0.1) is 0 Å². The van der Waals surface area contributed by atoms with Crippen LogP contribution in [-0.2, 0) is 4.79 Å². The molecule has 244 valence electrons. The van der Waals surface area contributed by atoms with Crippen LogP contribution in [0, 0.1) is 0 Å². The van der Waals surface area contributed by atoms with E-state index in [2.05, 4.69) is 33.2 Å². The second kappa shape index (κ2) is 32.1. The normalized spacial score (nSPS) is 12.1. The Morgan fingerprint density at radius 3 is 1.10 bits per heavy atom. The van der Waals surface area contributed by atoms with Crippen LogP contribution < -0.4 is 0 Å². The van der Waals surface area contributed by atoms with Crippen LogP contribution in [0.15, 0.2) is 12.2 Å². The smallest absolute Gasteiger partial charge is 0.303 e. The van der Waals surface area contributed by atoms with E-state index in [-0.39, 0.29) is 0 Å². The number of nitrogens with zero attached hydrogens (tertiary/aromatic N) is 1. The zero-order chi connectivity index (χ0) is 30.1. The van der Waals surface area contributed by atoms with E-state index in [1.807, 2.05) is 0 Å². The van der Waals surface area contributed by atoms with E-state index >= 15 is 0 Å². The minimum absolute atomic E-state index is 0.343. The quantitative estimate of drug-likeness (QED) is 0.0468. The molecule has 0 heterocycles. The van der Waals surface area contributed by atoms with E-state index in [4.69, 9.17) is 5.11 Å². The molecule has 3 nitrogen and oxygen atoms in total. The number of carboxylic acids is 1. The number of hydrogen-bond acceptors (Lipinski definition) is 1. The zero-order valence-corrected chi connectivity index (χ0v) is 28.6. The molecule has 0 radical (unpaired) electrons. The van der Waals surface area contributed by atoms with Crippen LogP contribution in [0.1, 0.15) is 200 Å². The summed E-state index contributed by atoms with van der Waals surface area (Å²) < 4.78 is 1.21. The first kappa shape index (κ1) is 40.2. The first-order valence-electron chi connectivity index (χ1n) is 18.7. The van der Waals surface area contributed by atoms with Crippen molar-refractivity contribution in [2.75, 3.05) is 27.2 Å². The molecule has 1 N–H and O–H groups in total. The highest BCUT2D eigenvalue weighted by molar-refractivity contribution is 5.66. The summed E-state index contributed by atoms with van der Waals surface area (Å²) in [6.07, 6.45) is 44.6. The Bertz CT molecular complexity index is 556. The Kier molecular flexibility index (Phi) is 31.4. The van der Waals surface area contributed by atoms with Gasteiger partial charge in [0.25, 0.3) is 0 Å². The Balaban J connectivity index is 3.31. The minimum atomic E-state index is -0.650. The monoisotopic (exact) mass is 579 g/mol. The topological polar surface area (TPSA) is 37.3 Å². The predicted molar refractivity (Wildman–Crippen MR) is 183 cm³/mol. The summed E-state index contributed by atoms with van der Waals surface area (Å²) in [6, 6.07) is 0. The van der Waals surface area contributed by atoms with Gasteiger partial charge in [-0.05, 0) is 57.8 Å². The predicted octanol–water partition coefficient (Wildman–Crippen LogP) is 12.4. The number of quaternary nitrogens is 1. The van der Waals surface area contributed by atoms with Crippen molar-refractivity contribution in [1.82, 2.24) is 0 Å². The summed E-state index contributed by atoms with van der Waals surface area (Å²) in [5.41, 5.74) is 0. The molecule has 0 aromatic rings. The summed E-state index contributed by atoms with van der Waals surface area (Å²) in [5, 5.41) is 8.65. The maximum absolute atomic E-state index is 10.5. The molecule has 0 rings (SSSR count). The van der Waals surface area contributed by atoms with Gasteiger partial charge in [-0.1, -0.05) is 147 Å². The van der Waals surface area contributed by atoms with Crippen LogP contribution >= 0.6 is 0 Å². The molecule has 0 bridgehead atoms. The van der Waals surface area contributed by atoms with Crippen LogP contribution in [0.2, 0.25) is 0 Å². The van der Waals surface area contributed by atoms with Crippen molar-refractivity contribution in [1.29, 1.82) is 0 Å². The summed E-state index contributed by atoms with van der Waals surface area (Å²) in [4.78, 5) is 10.5. The van der Waals surface area contributed by atoms with Gasteiger partial charge in [0.05, 0.1) is 27.2 Å². The molecule has 0 aliphatic carbocycles. The van der Waals surface area contributed by atoms with Crippen molar-refractivity contribution in [3.8, 4) is 0 Å². The van der Waals surface area contributed by atoms with Gasteiger partial charge in [0.15, 0.2) is 0 Å². The number of aliphatic carboxylic acids is 1. The van der Waals surface area contributed by atoms with E-state index in [1.54, 1.807) is 0 Å².